The van der Waals surface area contributed by atoms with E-state index in [0.29, 0.717) is 0 Å². The lowest BCUT2D eigenvalue weighted by Gasteiger charge is -2.31. The van der Waals surface area contributed by atoms with E-state index in [9.17, 15) is 0 Å². The number of aryl methyl sites for hydroxylation is 2. The highest BCUT2D eigenvalue weighted by atomic mass is 16.3. The molecule has 0 aliphatic heterocycles. The zero-order valence-electron chi connectivity index (χ0n) is 39.9. The number of aromatic nitrogens is 1. The molecule has 0 spiro atoms. The molecule has 3 heteroatoms. The minimum absolute atomic E-state index is 0.00925. The standard InChI is InChI=1S/C65H51NO2/c1-35-21-24-40(36(2)31-35)53(38-22-25-42-48(32-38)63(3,4)50-34-46(37-27-29-66-30-28-37)61-56(54(42)50)44-16-10-13-19-51(44)67-61)39-23-26-43-49(33-39)65(7,8)60-58(43)62-57(45-17-11-14-20-52(45)68-62)55-41-15-9-12-18-47(41)64(5,6)59(55)60/h9-34,53H,1-8H3. The Morgan fingerprint density at radius 2 is 1.00 bits per heavy atom. The van der Waals surface area contributed by atoms with E-state index in [1.54, 1.807) is 0 Å². The van der Waals surface area contributed by atoms with Crippen LogP contribution in [0.3, 0.4) is 0 Å². The summed E-state index contributed by atoms with van der Waals surface area (Å²) in [5, 5.41) is 4.76. The van der Waals surface area contributed by atoms with E-state index in [0.717, 1.165) is 38.8 Å². The van der Waals surface area contributed by atoms with Crippen LogP contribution in [0.4, 0.5) is 0 Å². The average Bonchev–Trinajstić information content (AvgIpc) is 4.09. The molecule has 68 heavy (non-hydrogen) atoms. The third kappa shape index (κ3) is 5.01. The van der Waals surface area contributed by atoms with Gasteiger partial charge >= 0.3 is 0 Å². The number of rotatable bonds is 4. The van der Waals surface area contributed by atoms with Crippen molar-refractivity contribution in [2.75, 3.05) is 0 Å². The maximum absolute atomic E-state index is 7.06. The largest absolute Gasteiger partial charge is 0.455 e. The summed E-state index contributed by atoms with van der Waals surface area (Å²) in [6.07, 6.45) is 3.75. The Bertz CT molecular complexity index is 4020. The van der Waals surface area contributed by atoms with Crippen molar-refractivity contribution in [3.05, 3.63) is 219 Å². The van der Waals surface area contributed by atoms with Crippen molar-refractivity contribution in [2.45, 2.75) is 77.6 Å². The van der Waals surface area contributed by atoms with Crippen molar-refractivity contribution in [3.63, 3.8) is 0 Å². The summed E-state index contributed by atoms with van der Waals surface area (Å²) in [6.45, 7) is 19.1. The SMILES string of the molecule is Cc1ccc(C(c2ccc3c(c2)C(C)(C)c2cc(-c4ccncc4)c4oc5ccccc5c4c2-3)c2ccc3c(c2)C(C)(C)c2c4c(c5c(oc6ccccc65)c2-3)-c2ccccc2C4(C)C)c(C)c1. The molecular weight excluding hydrogens is 827 g/mol. The molecule has 328 valence electrons. The second kappa shape index (κ2) is 13.4. The van der Waals surface area contributed by atoms with E-state index in [1.165, 1.54) is 111 Å². The number of hydrogen-bond donors (Lipinski definition) is 0. The molecule has 0 bridgehead atoms. The summed E-state index contributed by atoms with van der Waals surface area (Å²) in [5.74, 6) is -0.00925. The van der Waals surface area contributed by atoms with Gasteiger partial charge in [0.25, 0.3) is 0 Å². The fourth-order valence-electron chi connectivity index (χ4n) is 13.5. The van der Waals surface area contributed by atoms with Gasteiger partial charge in [0.1, 0.15) is 22.3 Å². The predicted molar refractivity (Wildman–Crippen MR) is 280 cm³/mol. The molecule has 0 fully saturated rings. The molecule has 1 unspecified atom stereocenters. The first kappa shape index (κ1) is 39.7. The summed E-state index contributed by atoms with van der Waals surface area (Å²) in [6, 6.07) is 54.6. The predicted octanol–water partition coefficient (Wildman–Crippen LogP) is 17.3. The molecule has 0 amide bonds. The van der Waals surface area contributed by atoms with Gasteiger partial charge in [0.15, 0.2) is 0 Å². The second-order valence-electron chi connectivity index (χ2n) is 21.5. The lowest BCUT2D eigenvalue weighted by molar-refractivity contribution is 0.599. The minimum Gasteiger partial charge on any atom is -0.455 e. The van der Waals surface area contributed by atoms with E-state index in [-0.39, 0.29) is 22.2 Å². The van der Waals surface area contributed by atoms with Crippen LogP contribution in [0.2, 0.25) is 0 Å². The van der Waals surface area contributed by atoms with Crippen molar-refractivity contribution >= 4 is 43.9 Å². The van der Waals surface area contributed by atoms with Crippen molar-refractivity contribution in [3.8, 4) is 44.5 Å². The molecule has 0 N–H and O–H groups in total. The molecule has 3 nitrogen and oxygen atoms in total. The monoisotopic (exact) mass is 877 g/mol. The Kier molecular flexibility index (Phi) is 7.79. The lowest BCUT2D eigenvalue weighted by Crippen LogP contribution is -2.24. The van der Waals surface area contributed by atoms with E-state index in [1.807, 2.05) is 12.4 Å². The fourth-order valence-corrected chi connectivity index (χ4v) is 13.5. The Morgan fingerprint density at radius 1 is 0.441 bits per heavy atom. The van der Waals surface area contributed by atoms with Crippen LogP contribution in [0.1, 0.15) is 109 Å². The van der Waals surface area contributed by atoms with E-state index in [2.05, 4.69) is 206 Å². The number of benzene rings is 8. The van der Waals surface area contributed by atoms with Gasteiger partial charge in [0, 0.05) is 67.2 Å². The fraction of sp³-hybridized carbons (Fsp3) is 0.185. The van der Waals surface area contributed by atoms with Crippen LogP contribution in [0.25, 0.3) is 88.4 Å². The van der Waals surface area contributed by atoms with E-state index in [4.69, 9.17) is 8.83 Å². The third-order valence-corrected chi connectivity index (χ3v) is 16.6. The third-order valence-electron chi connectivity index (χ3n) is 16.6. The number of hydrogen-bond acceptors (Lipinski definition) is 3. The summed E-state index contributed by atoms with van der Waals surface area (Å²) in [5.41, 5.74) is 27.7. The van der Waals surface area contributed by atoms with Gasteiger partial charge in [-0.15, -0.1) is 0 Å². The highest BCUT2D eigenvalue weighted by molar-refractivity contribution is 6.21. The molecule has 3 heterocycles. The van der Waals surface area contributed by atoms with E-state index >= 15 is 0 Å². The minimum atomic E-state index is -0.309. The average molecular weight is 878 g/mol. The first-order chi connectivity index (χ1) is 32.8. The molecular formula is C65H51NO2. The summed E-state index contributed by atoms with van der Waals surface area (Å²) in [4.78, 5) is 4.36. The first-order valence-corrected chi connectivity index (χ1v) is 24.2. The van der Waals surface area contributed by atoms with Crippen LogP contribution in [-0.2, 0) is 16.2 Å². The molecule has 11 aromatic rings. The maximum Gasteiger partial charge on any atom is 0.144 e. The molecule has 14 rings (SSSR count). The van der Waals surface area contributed by atoms with Crippen LogP contribution in [0, 0.1) is 13.8 Å². The molecule has 0 saturated carbocycles. The summed E-state index contributed by atoms with van der Waals surface area (Å²) >= 11 is 0. The number of pyridine rings is 1. The normalized spacial score (nSPS) is 15.9. The number of para-hydroxylation sites is 2. The van der Waals surface area contributed by atoms with Crippen molar-refractivity contribution in [1.29, 1.82) is 0 Å². The van der Waals surface area contributed by atoms with Gasteiger partial charge in [-0.25, -0.2) is 0 Å². The molecule has 0 radical (unpaired) electrons. The van der Waals surface area contributed by atoms with Gasteiger partial charge < -0.3 is 8.83 Å². The van der Waals surface area contributed by atoms with Crippen LogP contribution >= 0.6 is 0 Å². The zero-order chi connectivity index (χ0) is 46.2. The number of nitrogens with zero attached hydrogens (tertiary/aromatic N) is 1. The zero-order valence-corrected chi connectivity index (χ0v) is 39.9. The first-order valence-electron chi connectivity index (χ1n) is 24.2. The van der Waals surface area contributed by atoms with Gasteiger partial charge in [-0.1, -0.05) is 162 Å². The smallest absolute Gasteiger partial charge is 0.144 e. The van der Waals surface area contributed by atoms with Gasteiger partial charge in [0.05, 0.1) is 0 Å². The van der Waals surface area contributed by atoms with Crippen LogP contribution in [0.15, 0.2) is 167 Å². The lowest BCUT2D eigenvalue weighted by atomic mass is 9.71. The maximum atomic E-state index is 7.06. The van der Waals surface area contributed by atoms with E-state index < -0.39 is 0 Å². The summed E-state index contributed by atoms with van der Waals surface area (Å²) in [7, 11) is 0. The highest BCUT2D eigenvalue weighted by Crippen LogP contribution is 2.64. The Hall–Kier alpha value is -7.49. The van der Waals surface area contributed by atoms with Gasteiger partial charge in [-0.05, 0) is 133 Å². The topological polar surface area (TPSA) is 39.2 Å². The summed E-state index contributed by atoms with van der Waals surface area (Å²) < 4.78 is 13.8. The van der Waals surface area contributed by atoms with Crippen molar-refractivity contribution < 1.29 is 8.83 Å². The van der Waals surface area contributed by atoms with Crippen molar-refractivity contribution in [2.24, 2.45) is 0 Å². The van der Waals surface area contributed by atoms with Gasteiger partial charge in [-0.3, -0.25) is 4.98 Å². The van der Waals surface area contributed by atoms with Gasteiger partial charge in [0.2, 0.25) is 0 Å². The number of fused-ring (bicyclic) bond motifs is 19. The van der Waals surface area contributed by atoms with Crippen molar-refractivity contribution in [1.82, 2.24) is 4.98 Å². The Labute approximate surface area is 397 Å². The van der Waals surface area contributed by atoms with Crippen LogP contribution in [0.5, 0.6) is 0 Å². The number of furan rings is 2. The molecule has 3 aliphatic carbocycles. The molecule has 0 saturated heterocycles. The molecule has 1 atom stereocenters. The Morgan fingerprint density at radius 3 is 1.69 bits per heavy atom. The molecule has 8 aromatic carbocycles. The Balaban J connectivity index is 0.994. The molecule has 3 aliphatic rings. The van der Waals surface area contributed by atoms with Crippen LogP contribution in [-0.4, -0.2) is 4.98 Å². The molecule has 3 aromatic heterocycles. The van der Waals surface area contributed by atoms with Gasteiger partial charge in [-0.2, -0.15) is 0 Å². The second-order valence-corrected chi connectivity index (χ2v) is 21.5. The highest BCUT2D eigenvalue weighted by Gasteiger charge is 2.49. The van der Waals surface area contributed by atoms with Crippen LogP contribution < -0.4 is 0 Å². The quantitative estimate of drug-likeness (QED) is 0.165.